The molecule has 2 aliphatic rings. The van der Waals surface area contributed by atoms with Gasteiger partial charge in [0, 0.05) is 31.0 Å². The van der Waals surface area contributed by atoms with Crippen molar-refractivity contribution in [1.29, 1.82) is 0 Å². The van der Waals surface area contributed by atoms with Crippen molar-refractivity contribution in [3.8, 4) is 0 Å². The first kappa shape index (κ1) is 13.8. The zero-order valence-electron chi connectivity index (χ0n) is 12.6. The number of nitrogens with zero attached hydrogens (tertiary/aromatic N) is 4. The molecule has 1 fully saturated rings. The Hall–Kier alpha value is -1.89. The molecule has 0 aromatic carbocycles. The lowest BCUT2D eigenvalue weighted by Gasteiger charge is -2.25. The maximum atomic E-state index is 13.3. The van der Waals surface area contributed by atoms with Gasteiger partial charge in [-0.2, -0.15) is 13.5 Å². The highest BCUT2D eigenvalue weighted by molar-refractivity contribution is 7.92. The fraction of sp³-hybridized carbons (Fsp3) is 0.467. The van der Waals surface area contributed by atoms with Crippen molar-refractivity contribution in [2.75, 3.05) is 4.31 Å². The van der Waals surface area contributed by atoms with Gasteiger partial charge in [-0.05, 0) is 43.7 Å². The molecule has 1 saturated carbocycles. The number of hydrogen-bond acceptors (Lipinski definition) is 4. The third kappa shape index (κ3) is 1.88. The van der Waals surface area contributed by atoms with Crippen LogP contribution in [-0.2, 0) is 23.5 Å². The Balaban J connectivity index is 1.87. The SMILES string of the molecule is CC1Cc2cnccc2N1S(=O)(=O)c1c(C2CC2)cnn1C. The average Bonchev–Trinajstić information content (AvgIpc) is 3.14. The standard InChI is InChI=1S/C15H18N4O2S/c1-10-7-12-8-16-6-5-14(12)19(10)22(20,21)15-13(11-3-4-11)9-17-18(15)2/h5-6,8-11H,3-4,7H2,1-2H3. The average molecular weight is 318 g/mol. The second-order valence-corrected chi connectivity index (χ2v) is 7.89. The predicted octanol–water partition coefficient (Wildman–Crippen LogP) is 1.83. The van der Waals surface area contributed by atoms with Crippen molar-refractivity contribution in [2.45, 2.75) is 43.2 Å². The van der Waals surface area contributed by atoms with Crippen molar-refractivity contribution in [3.05, 3.63) is 35.8 Å². The van der Waals surface area contributed by atoms with Gasteiger partial charge in [-0.15, -0.1) is 0 Å². The minimum atomic E-state index is -3.62. The lowest BCUT2D eigenvalue weighted by molar-refractivity contribution is 0.564. The highest BCUT2D eigenvalue weighted by atomic mass is 32.2. The minimum Gasteiger partial charge on any atom is -0.264 e. The van der Waals surface area contributed by atoms with E-state index in [1.807, 2.05) is 6.92 Å². The van der Waals surface area contributed by atoms with E-state index in [4.69, 9.17) is 0 Å². The fourth-order valence-electron chi connectivity index (χ4n) is 3.32. The van der Waals surface area contributed by atoms with Crippen molar-refractivity contribution in [1.82, 2.24) is 14.8 Å². The van der Waals surface area contributed by atoms with E-state index in [9.17, 15) is 8.42 Å². The van der Waals surface area contributed by atoms with E-state index in [1.54, 1.807) is 31.7 Å². The molecule has 0 radical (unpaired) electrons. The Kier molecular flexibility index (Phi) is 2.84. The Morgan fingerprint density at radius 1 is 1.27 bits per heavy atom. The normalized spacial score (nSPS) is 21.2. The number of aryl methyl sites for hydroxylation is 1. The van der Waals surface area contributed by atoms with Crippen LogP contribution in [0.15, 0.2) is 29.7 Å². The van der Waals surface area contributed by atoms with Gasteiger partial charge in [0.05, 0.1) is 11.9 Å². The van der Waals surface area contributed by atoms with Crippen LogP contribution in [0, 0.1) is 0 Å². The molecule has 0 saturated heterocycles. The van der Waals surface area contributed by atoms with Crippen LogP contribution in [0.4, 0.5) is 5.69 Å². The summed E-state index contributed by atoms with van der Waals surface area (Å²) in [5.74, 6) is 0.341. The van der Waals surface area contributed by atoms with Crippen molar-refractivity contribution >= 4 is 15.7 Å². The van der Waals surface area contributed by atoms with Gasteiger partial charge in [0.2, 0.25) is 0 Å². The molecule has 1 atom stereocenters. The van der Waals surface area contributed by atoms with Gasteiger partial charge < -0.3 is 0 Å². The first-order valence-corrected chi connectivity index (χ1v) is 8.93. The van der Waals surface area contributed by atoms with Gasteiger partial charge >= 0.3 is 0 Å². The summed E-state index contributed by atoms with van der Waals surface area (Å²) in [6.45, 7) is 1.94. The molecule has 1 aliphatic carbocycles. The lowest BCUT2D eigenvalue weighted by atomic mass is 10.2. The third-order valence-corrected chi connectivity index (χ3v) is 6.53. The molecular formula is C15H18N4O2S. The predicted molar refractivity (Wildman–Crippen MR) is 82.3 cm³/mol. The summed E-state index contributed by atoms with van der Waals surface area (Å²) in [6.07, 6.45) is 7.89. The second-order valence-electron chi connectivity index (χ2n) is 6.16. The molecule has 6 nitrogen and oxygen atoms in total. The monoisotopic (exact) mass is 318 g/mol. The zero-order chi connectivity index (χ0) is 15.5. The van der Waals surface area contributed by atoms with Crippen molar-refractivity contribution in [2.24, 2.45) is 7.05 Å². The number of rotatable bonds is 3. The summed E-state index contributed by atoms with van der Waals surface area (Å²) in [5, 5.41) is 4.53. The van der Waals surface area contributed by atoms with Crippen LogP contribution in [0.3, 0.4) is 0 Å². The highest BCUT2D eigenvalue weighted by Gasteiger charge is 2.41. The highest BCUT2D eigenvalue weighted by Crippen LogP contribution is 2.44. The van der Waals surface area contributed by atoms with Crippen LogP contribution in [0.25, 0.3) is 0 Å². The largest absolute Gasteiger partial charge is 0.282 e. The van der Waals surface area contributed by atoms with Gasteiger partial charge in [0.15, 0.2) is 5.03 Å². The van der Waals surface area contributed by atoms with Crippen LogP contribution in [0.5, 0.6) is 0 Å². The Bertz CT molecular complexity index is 839. The first-order valence-electron chi connectivity index (χ1n) is 7.49. The molecule has 1 aliphatic heterocycles. The second kappa shape index (κ2) is 4.55. The molecule has 4 rings (SSSR count). The summed E-state index contributed by atoms with van der Waals surface area (Å²) in [7, 11) is -1.92. The molecule has 1 unspecified atom stereocenters. The molecule has 7 heteroatoms. The van der Waals surface area contributed by atoms with E-state index in [-0.39, 0.29) is 6.04 Å². The molecule has 22 heavy (non-hydrogen) atoms. The van der Waals surface area contributed by atoms with E-state index < -0.39 is 10.0 Å². The van der Waals surface area contributed by atoms with Crippen LogP contribution < -0.4 is 4.31 Å². The maximum absolute atomic E-state index is 13.3. The molecule has 2 aromatic heterocycles. The van der Waals surface area contributed by atoms with Crippen molar-refractivity contribution < 1.29 is 8.42 Å². The Morgan fingerprint density at radius 2 is 2.05 bits per heavy atom. The summed E-state index contributed by atoms with van der Waals surface area (Å²) in [4.78, 5) is 4.10. The Labute approximate surface area is 129 Å². The van der Waals surface area contributed by atoms with Crippen LogP contribution in [-0.4, -0.2) is 29.2 Å². The summed E-state index contributed by atoms with van der Waals surface area (Å²) >= 11 is 0. The van der Waals surface area contributed by atoms with E-state index in [1.165, 1.54) is 8.99 Å². The van der Waals surface area contributed by atoms with Gasteiger partial charge in [-0.3, -0.25) is 14.0 Å². The third-order valence-electron chi connectivity index (χ3n) is 4.46. The molecule has 0 amide bonds. The smallest absolute Gasteiger partial charge is 0.264 e. The topological polar surface area (TPSA) is 68.1 Å². The van der Waals surface area contributed by atoms with E-state index in [0.29, 0.717) is 17.4 Å². The lowest BCUT2D eigenvalue weighted by Crippen LogP contribution is -2.37. The maximum Gasteiger partial charge on any atom is 0.282 e. The number of fused-ring (bicyclic) bond motifs is 1. The van der Waals surface area contributed by atoms with Crippen LogP contribution >= 0.6 is 0 Å². The summed E-state index contributed by atoms with van der Waals surface area (Å²) in [6, 6.07) is 1.68. The van der Waals surface area contributed by atoms with Crippen LogP contribution in [0.2, 0.25) is 0 Å². The molecule has 3 heterocycles. The number of sulfonamides is 1. The van der Waals surface area contributed by atoms with Crippen LogP contribution in [0.1, 0.15) is 36.8 Å². The quantitative estimate of drug-likeness (QED) is 0.866. The molecule has 0 bridgehead atoms. The number of anilines is 1. The Morgan fingerprint density at radius 3 is 2.77 bits per heavy atom. The molecule has 0 spiro atoms. The summed E-state index contributed by atoms with van der Waals surface area (Å²) in [5.41, 5.74) is 2.58. The fourth-order valence-corrected chi connectivity index (χ4v) is 5.39. The van der Waals surface area contributed by atoms with E-state index in [0.717, 1.165) is 29.7 Å². The van der Waals surface area contributed by atoms with Gasteiger partial charge in [0.1, 0.15) is 0 Å². The van der Waals surface area contributed by atoms with Gasteiger partial charge in [-0.25, -0.2) is 0 Å². The zero-order valence-corrected chi connectivity index (χ0v) is 13.4. The molecule has 2 aromatic rings. The number of pyridine rings is 1. The van der Waals surface area contributed by atoms with E-state index >= 15 is 0 Å². The number of hydrogen-bond donors (Lipinski definition) is 0. The molecular weight excluding hydrogens is 300 g/mol. The van der Waals surface area contributed by atoms with Gasteiger partial charge in [0.25, 0.3) is 10.0 Å². The number of aromatic nitrogens is 3. The molecule has 0 N–H and O–H groups in total. The van der Waals surface area contributed by atoms with Crippen molar-refractivity contribution in [3.63, 3.8) is 0 Å². The first-order chi connectivity index (χ1) is 10.5. The minimum absolute atomic E-state index is 0.105. The van der Waals surface area contributed by atoms with E-state index in [2.05, 4.69) is 10.1 Å². The summed E-state index contributed by atoms with van der Waals surface area (Å²) < 4.78 is 29.6. The molecule has 116 valence electrons. The van der Waals surface area contributed by atoms with Gasteiger partial charge in [-0.1, -0.05) is 0 Å².